The molecule has 56 valence electrons. The lowest BCUT2D eigenvalue weighted by molar-refractivity contribution is 0.215. The van der Waals surface area contributed by atoms with Crippen molar-refractivity contribution in [3.8, 4) is 0 Å². The molecule has 0 nitrogen and oxygen atoms in total. The molecule has 0 saturated heterocycles. The molecule has 2 bridgehead atoms. The summed E-state index contributed by atoms with van der Waals surface area (Å²) in [4.78, 5) is 0. The predicted octanol–water partition coefficient (Wildman–Crippen LogP) is 3.50. The molecular weight excluding hydrogens is 167 g/mol. The molecule has 3 rings (SSSR count). The molecular formula is C8H10Cl2. The molecule has 0 N–H and O–H groups in total. The van der Waals surface area contributed by atoms with Crippen molar-refractivity contribution < 1.29 is 0 Å². The Bertz CT molecular complexity index is 164. The molecule has 3 aliphatic rings. The van der Waals surface area contributed by atoms with Gasteiger partial charge in [-0.25, -0.2) is 0 Å². The summed E-state index contributed by atoms with van der Waals surface area (Å²) in [6.45, 7) is 0. The lowest BCUT2D eigenvalue weighted by atomic mass is 9.62. The van der Waals surface area contributed by atoms with E-state index in [4.69, 9.17) is 23.2 Å². The van der Waals surface area contributed by atoms with Gasteiger partial charge in [0.2, 0.25) is 0 Å². The Labute approximate surface area is 71.2 Å². The number of hydrogen-bond acceptors (Lipinski definition) is 0. The van der Waals surface area contributed by atoms with Crippen molar-refractivity contribution in [3.63, 3.8) is 0 Å². The average molecular weight is 177 g/mol. The van der Waals surface area contributed by atoms with E-state index in [1.807, 2.05) is 0 Å². The molecule has 3 saturated carbocycles. The van der Waals surface area contributed by atoms with Crippen LogP contribution in [0, 0.1) is 11.8 Å². The molecule has 2 unspecified atom stereocenters. The maximum atomic E-state index is 5.73. The quantitative estimate of drug-likeness (QED) is 0.531. The van der Waals surface area contributed by atoms with Crippen LogP contribution in [0.25, 0.3) is 0 Å². The molecule has 3 fully saturated rings. The Morgan fingerprint density at radius 2 is 1.80 bits per heavy atom. The summed E-state index contributed by atoms with van der Waals surface area (Å²) in [6, 6.07) is 0. The second kappa shape index (κ2) is 2.42. The highest BCUT2D eigenvalue weighted by Crippen LogP contribution is 2.52. The fourth-order valence-electron chi connectivity index (χ4n) is 2.24. The summed E-state index contributed by atoms with van der Waals surface area (Å²) >= 11 is 11.5. The minimum absolute atomic E-state index is 0.556. The van der Waals surface area contributed by atoms with Crippen LogP contribution in [-0.4, -0.2) is 0 Å². The van der Waals surface area contributed by atoms with Crippen molar-refractivity contribution in [2.24, 2.45) is 11.8 Å². The summed E-state index contributed by atoms with van der Waals surface area (Å²) in [5, 5.41) is 0. The van der Waals surface area contributed by atoms with Gasteiger partial charge in [-0.15, -0.1) is 0 Å². The van der Waals surface area contributed by atoms with Gasteiger partial charge in [-0.3, -0.25) is 0 Å². The zero-order valence-electron chi connectivity index (χ0n) is 5.74. The molecule has 3 aliphatic carbocycles. The second-order valence-electron chi connectivity index (χ2n) is 3.28. The number of rotatable bonds is 0. The van der Waals surface area contributed by atoms with Gasteiger partial charge in [-0.05, 0) is 36.7 Å². The Balaban J connectivity index is 2.20. The van der Waals surface area contributed by atoms with Crippen LogP contribution < -0.4 is 0 Å². The number of fused-ring (bicyclic) bond motifs is 2. The second-order valence-corrected chi connectivity index (χ2v) is 4.23. The zero-order chi connectivity index (χ0) is 7.14. The Kier molecular flexibility index (Phi) is 1.69. The molecule has 0 aromatic rings. The van der Waals surface area contributed by atoms with E-state index in [2.05, 4.69) is 0 Å². The Morgan fingerprint density at radius 3 is 2.10 bits per heavy atom. The molecule has 0 amide bonds. The van der Waals surface area contributed by atoms with E-state index >= 15 is 0 Å². The van der Waals surface area contributed by atoms with E-state index in [1.54, 1.807) is 0 Å². The first-order chi connectivity index (χ1) is 4.79. The van der Waals surface area contributed by atoms with Crippen LogP contribution >= 0.6 is 23.2 Å². The topological polar surface area (TPSA) is 0 Å². The predicted molar refractivity (Wildman–Crippen MR) is 44.2 cm³/mol. The number of hydrogen-bond donors (Lipinski definition) is 0. The molecule has 2 atom stereocenters. The third-order valence-electron chi connectivity index (χ3n) is 2.77. The monoisotopic (exact) mass is 176 g/mol. The van der Waals surface area contributed by atoms with Crippen molar-refractivity contribution in [3.05, 3.63) is 10.1 Å². The van der Waals surface area contributed by atoms with Gasteiger partial charge in [0.05, 0.1) is 0 Å². The van der Waals surface area contributed by atoms with Crippen molar-refractivity contribution in [1.82, 2.24) is 0 Å². The van der Waals surface area contributed by atoms with E-state index in [0.29, 0.717) is 4.49 Å². The molecule has 0 radical (unpaired) electrons. The van der Waals surface area contributed by atoms with E-state index < -0.39 is 0 Å². The van der Waals surface area contributed by atoms with Crippen LogP contribution in [0.3, 0.4) is 0 Å². The maximum Gasteiger partial charge on any atom is 0.106 e. The fourth-order valence-corrected chi connectivity index (χ4v) is 2.85. The van der Waals surface area contributed by atoms with Crippen LogP contribution in [-0.2, 0) is 0 Å². The van der Waals surface area contributed by atoms with Crippen molar-refractivity contribution in [2.45, 2.75) is 25.7 Å². The van der Waals surface area contributed by atoms with Crippen molar-refractivity contribution >= 4 is 23.2 Å². The molecule has 0 aromatic carbocycles. The highest BCUT2D eigenvalue weighted by atomic mass is 35.5. The van der Waals surface area contributed by atoms with Crippen molar-refractivity contribution in [2.75, 3.05) is 0 Å². The van der Waals surface area contributed by atoms with Gasteiger partial charge in [-0.1, -0.05) is 29.6 Å². The summed E-state index contributed by atoms with van der Waals surface area (Å²) < 4.78 is 0.556. The Morgan fingerprint density at radius 1 is 1.20 bits per heavy atom. The lowest BCUT2D eigenvalue weighted by Gasteiger charge is -2.44. The first kappa shape index (κ1) is 7.00. The van der Waals surface area contributed by atoms with Crippen LogP contribution in [0.1, 0.15) is 25.7 Å². The smallest absolute Gasteiger partial charge is 0.0709 e. The minimum atomic E-state index is 0.556. The van der Waals surface area contributed by atoms with E-state index in [0.717, 1.165) is 11.8 Å². The van der Waals surface area contributed by atoms with Gasteiger partial charge in [0.25, 0.3) is 0 Å². The number of halogens is 2. The van der Waals surface area contributed by atoms with Crippen LogP contribution in [0.15, 0.2) is 10.1 Å². The fraction of sp³-hybridized carbons (Fsp3) is 0.750. The highest BCUT2D eigenvalue weighted by molar-refractivity contribution is 6.56. The van der Waals surface area contributed by atoms with Crippen molar-refractivity contribution in [1.29, 1.82) is 0 Å². The van der Waals surface area contributed by atoms with Gasteiger partial charge in [0.1, 0.15) is 4.49 Å². The summed E-state index contributed by atoms with van der Waals surface area (Å²) in [5.74, 6) is 1.51. The summed E-state index contributed by atoms with van der Waals surface area (Å²) in [7, 11) is 0. The largest absolute Gasteiger partial charge is 0.106 e. The molecule has 10 heavy (non-hydrogen) atoms. The molecule has 0 heterocycles. The van der Waals surface area contributed by atoms with Gasteiger partial charge in [0, 0.05) is 0 Å². The van der Waals surface area contributed by atoms with E-state index in [-0.39, 0.29) is 0 Å². The molecule has 2 heteroatoms. The Hall–Kier alpha value is 0.320. The van der Waals surface area contributed by atoms with Gasteiger partial charge in [-0.2, -0.15) is 0 Å². The van der Waals surface area contributed by atoms with Crippen LogP contribution in [0.2, 0.25) is 0 Å². The summed E-state index contributed by atoms with van der Waals surface area (Å²) in [6.07, 6.45) is 5.35. The molecule has 0 spiro atoms. The summed E-state index contributed by atoms with van der Waals surface area (Å²) in [5.41, 5.74) is 1.36. The van der Waals surface area contributed by atoms with Crippen LogP contribution in [0.4, 0.5) is 0 Å². The zero-order valence-corrected chi connectivity index (χ0v) is 7.25. The standard InChI is InChI=1S/C8H10Cl2/c9-8(10)7-5-2-1-3-6(7)4-5/h5-6H,1-4H2. The van der Waals surface area contributed by atoms with Gasteiger partial charge >= 0.3 is 0 Å². The minimum Gasteiger partial charge on any atom is -0.0709 e. The highest BCUT2D eigenvalue weighted by Gasteiger charge is 2.39. The van der Waals surface area contributed by atoms with Gasteiger partial charge in [0.15, 0.2) is 0 Å². The maximum absolute atomic E-state index is 5.73. The molecule has 0 aliphatic heterocycles. The first-order valence-corrected chi connectivity index (χ1v) is 4.59. The number of allylic oxidation sites excluding steroid dienone is 1. The average Bonchev–Trinajstić information content (AvgIpc) is 1.87. The van der Waals surface area contributed by atoms with Crippen LogP contribution in [0.5, 0.6) is 0 Å². The van der Waals surface area contributed by atoms with E-state index in [1.165, 1.54) is 31.3 Å². The normalized spacial score (nSPS) is 37.2. The third-order valence-corrected chi connectivity index (χ3v) is 3.21. The van der Waals surface area contributed by atoms with E-state index in [9.17, 15) is 0 Å². The SMILES string of the molecule is ClC(Cl)=C1C2CCCC1C2. The third kappa shape index (κ3) is 0.895. The first-order valence-electron chi connectivity index (χ1n) is 3.84. The molecule has 0 aromatic heterocycles. The van der Waals surface area contributed by atoms with Gasteiger partial charge < -0.3 is 0 Å². The lowest BCUT2D eigenvalue weighted by Crippen LogP contribution is -2.32.